The lowest BCUT2D eigenvalue weighted by atomic mass is 9.88. The molecule has 0 spiro atoms. The number of rotatable bonds is 5. The molecule has 0 heterocycles. The molecule has 1 saturated carbocycles. The summed E-state index contributed by atoms with van der Waals surface area (Å²) in [6.07, 6.45) is 8.18. The summed E-state index contributed by atoms with van der Waals surface area (Å²) in [6, 6.07) is 7.52. The first-order valence-corrected chi connectivity index (χ1v) is 7.43. The van der Waals surface area contributed by atoms with Crippen LogP contribution in [0.15, 0.2) is 30.3 Å². The summed E-state index contributed by atoms with van der Waals surface area (Å²) in [7, 11) is 0. The van der Waals surface area contributed by atoms with Crippen LogP contribution in [-0.2, 0) is 16.1 Å². The van der Waals surface area contributed by atoms with Crippen LogP contribution in [0, 0.1) is 5.92 Å². The van der Waals surface area contributed by atoms with Crippen LogP contribution in [-0.4, -0.2) is 17.0 Å². The van der Waals surface area contributed by atoms with Crippen LogP contribution in [0.25, 0.3) is 6.08 Å². The minimum Gasteiger partial charge on any atom is -0.478 e. The Morgan fingerprint density at radius 1 is 1.24 bits per heavy atom. The zero-order valence-electron chi connectivity index (χ0n) is 12.0. The summed E-state index contributed by atoms with van der Waals surface area (Å²) >= 11 is 0. The van der Waals surface area contributed by atoms with Crippen LogP contribution in [0.5, 0.6) is 0 Å². The standard InChI is InChI=1S/C17H21NO3/c19-16(20)10-9-13-5-4-6-14(11-13)12-18-17(21)15-7-2-1-3-8-15/h4-6,9-11,15H,1-3,7-8,12H2,(H,18,21)(H,19,20). The van der Waals surface area contributed by atoms with Crippen molar-refractivity contribution in [1.82, 2.24) is 5.32 Å². The number of hydrogen-bond acceptors (Lipinski definition) is 2. The van der Waals surface area contributed by atoms with E-state index in [1.54, 1.807) is 6.08 Å². The van der Waals surface area contributed by atoms with E-state index in [0.29, 0.717) is 6.54 Å². The van der Waals surface area contributed by atoms with Gasteiger partial charge >= 0.3 is 5.97 Å². The molecule has 2 rings (SSSR count). The fourth-order valence-electron chi connectivity index (χ4n) is 2.67. The summed E-state index contributed by atoms with van der Waals surface area (Å²) in [5, 5.41) is 11.6. The number of nitrogens with one attached hydrogen (secondary N) is 1. The molecular formula is C17H21NO3. The van der Waals surface area contributed by atoms with Crippen LogP contribution in [0.2, 0.25) is 0 Å². The molecule has 0 atom stereocenters. The maximum Gasteiger partial charge on any atom is 0.328 e. The molecule has 0 aromatic heterocycles. The van der Waals surface area contributed by atoms with Crippen LogP contribution < -0.4 is 5.32 Å². The van der Waals surface area contributed by atoms with Crippen molar-refractivity contribution in [1.29, 1.82) is 0 Å². The van der Waals surface area contributed by atoms with Crippen molar-refractivity contribution in [3.63, 3.8) is 0 Å². The maximum atomic E-state index is 12.1. The van der Waals surface area contributed by atoms with Gasteiger partial charge in [-0.3, -0.25) is 4.79 Å². The van der Waals surface area contributed by atoms with E-state index < -0.39 is 5.97 Å². The molecule has 0 radical (unpaired) electrons. The van der Waals surface area contributed by atoms with E-state index >= 15 is 0 Å². The van der Waals surface area contributed by atoms with E-state index in [1.165, 1.54) is 6.42 Å². The van der Waals surface area contributed by atoms with Crippen molar-refractivity contribution in [3.05, 3.63) is 41.5 Å². The van der Waals surface area contributed by atoms with Gasteiger partial charge in [-0.15, -0.1) is 0 Å². The number of carbonyl (C=O) groups is 2. The normalized spacial score (nSPS) is 16.0. The van der Waals surface area contributed by atoms with Crippen LogP contribution >= 0.6 is 0 Å². The Bertz CT molecular complexity index is 531. The molecule has 0 bridgehead atoms. The molecule has 112 valence electrons. The highest BCUT2D eigenvalue weighted by atomic mass is 16.4. The highest BCUT2D eigenvalue weighted by molar-refractivity contribution is 5.85. The number of hydrogen-bond donors (Lipinski definition) is 2. The molecule has 0 aliphatic heterocycles. The zero-order valence-corrected chi connectivity index (χ0v) is 12.0. The molecule has 2 N–H and O–H groups in total. The third-order valence-corrected chi connectivity index (χ3v) is 3.81. The Hall–Kier alpha value is -2.10. The molecule has 21 heavy (non-hydrogen) atoms. The van der Waals surface area contributed by atoms with E-state index in [2.05, 4.69) is 5.32 Å². The van der Waals surface area contributed by atoms with Crippen LogP contribution in [0.1, 0.15) is 43.2 Å². The summed E-state index contributed by atoms with van der Waals surface area (Å²) in [5.41, 5.74) is 1.80. The Balaban J connectivity index is 1.89. The fourth-order valence-corrected chi connectivity index (χ4v) is 2.67. The monoisotopic (exact) mass is 287 g/mol. The van der Waals surface area contributed by atoms with Gasteiger partial charge in [0.2, 0.25) is 5.91 Å². The second-order valence-corrected chi connectivity index (χ2v) is 5.47. The van der Waals surface area contributed by atoms with Crippen molar-refractivity contribution < 1.29 is 14.7 Å². The average molecular weight is 287 g/mol. The lowest BCUT2D eigenvalue weighted by Gasteiger charge is -2.20. The van der Waals surface area contributed by atoms with Gasteiger partial charge in [0, 0.05) is 18.5 Å². The topological polar surface area (TPSA) is 66.4 Å². The van der Waals surface area contributed by atoms with Crippen molar-refractivity contribution in [3.8, 4) is 0 Å². The van der Waals surface area contributed by atoms with Crippen molar-refractivity contribution >= 4 is 18.0 Å². The molecular weight excluding hydrogens is 266 g/mol. The first-order valence-electron chi connectivity index (χ1n) is 7.43. The zero-order chi connectivity index (χ0) is 15.1. The summed E-state index contributed by atoms with van der Waals surface area (Å²) in [4.78, 5) is 22.6. The van der Waals surface area contributed by atoms with E-state index in [4.69, 9.17) is 5.11 Å². The third-order valence-electron chi connectivity index (χ3n) is 3.81. The predicted molar refractivity (Wildman–Crippen MR) is 81.5 cm³/mol. The van der Waals surface area contributed by atoms with Gasteiger partial charge in [0.05, 0.1) is 0 Å². The molecule has 1 aliphatic rings. The minimum atomic E-state index is -0.967. The molecule has 1 aromatic carbocycles. The van der Waals surface area contributed by atoms with Crippen molar-refractivity contribution in [2.24, 2.45) is 5.92 Å². The number of amides is 1. The van der Waals surface area contributed by atoms with Gasteiger partial charge in [-0.1, -0.05) is 37.5 Å². The molecule has 0 saturated heterocycles. The van der Waals surface area contributed by atoms with Gasteiger partial charge in [0.15, 0.2) is 0 Å². The highest BCUT2D eigenvalue weighted by Crippen LogP contribution is 2.23. The molecule has 0 unspecified atom stereocenters. The number of carboxylic acids is 1. The summed E-state index contributed by atoms with van der Waals surface area (Å²) < 4.78 is 0. The highest BCUT2D eigenvalue weighted by Gasteiger charge is 2.20. The molecule has 4 nitrogen and oxygen atoms in total. The Labute approximate surface area is 124 Å². The van der Waals surface area contributed by atoms with Gasteiger partial charge in [-0.2, -0.15) is 0 Å². The molecule has 1 amide bonds. The second-order valence-electron chi connectivity index (χ2n) is 5.47. The van der Waals surface area contributed by atoms with Gasteiger partial charge in [-0.25, -0.2) is 4.79 Å². The Kier molecular flexibility index (Phi) is 5.55. The van der Waals surface area contributed by atoms with Crippen LogP contribution in [0.4, 0.5) is 0 Å². The molecule has 1 fully saturated rings. The summed E-state index contributed by atoms with van der Waals surface area (Å²) in [5.74, 6) is -0.666. The Morgan fingerprint density at radius 2 is 2.00 bits per heavy atom. The van der Waals surface area contributed by atoms with Gasteiger partial charge in [0.1, 0.15) is 0 Å². The van der Waals surface area contributed by atoms with Crippen LogP contribution in [0.3, 0.4) is 0 Å². The lowest BCUT2D eigenvalue weighted by molar-refractivity contribution is -0.131. The summed E-state index contributed by atoms with van der Waals surface area (Å²) in [6.45, 7) is 0.490. The fraction of sp³-hybridized carbons (Fsp3) is 0.412. The second kappa shape index (κ2) is 7.62. The number of carbonyl (C=O) groups excluding carboxylic acids is 1. The largest absolute Gasteiger partial charge is 0.478 e. The van der Waals surface area contributed by atoms with E-state index in [-0.39, 0.29) is 11.8 Å². The van der Waals surface area contributed by atoms with E-state index in [9.17, 15) is 9.59 Å². The van der Waals surface area contributed by atoms with Crippen molar-refractivity contribution in [2.75, 3.05) is 0 Å². The maximum absolute atomic E-state index is 12.1. The molecule has 1 aromatic rings. The van der Waals surface area contributed by atoms with Crippen molar-refractivity contribution in [2.45, 2.75) is 38.6 Å². The smallest absolute Gasteiger partial charge is 0.328 e. The third kappa shape index (κ3) is 5.06. The molecule has 4 heteroatoms. The average Bonchev–Trinajstić information content (AvgIpc) is 2.52. The van der Waals surface area contributed by atoms with Gasteiger partial charge in [0.25, 0.3) is 0 Å². The van der Waals surface area contributed by atoms with E-state index in [0.717, 1.165) is 42.9 Å². The van der Waals surface area contributed by atoms with E-state index in [1.807, 2.05) is 24.3 Å². The first kappa shape index (κ1) is 15.3. The lowest BCUT2D eigenvalue weighted by Crippen LogP contribution is -2.31. The van der Waals surface area contributed by atoms with Gasteiger partial charge in [-0.05, 0) is 36.1 Å². The number of aliphatic carboxylic acids is 1. The number of benzene rings is 1. The minimum absolute atomic E-state index is 0.140. The van der Waals surface area contributed by atoms with Gasteiger partial charge < -0.3 is 10.4 Å². The Morgan fingerprint density at radius 3 is 2.71 bits per heavy atom. The SMILES string of the molecule is O=C(O)C=Cc1cccc(CNC(=O)C2CCCCC2)c1. The molecule has 1 aliphatic carbocycles. The number of carboxylic acid groups (broad SMARTS) is 1. The predicted octanol–water partition coefficient (Wildman–Crippen LogP) is 2.98. The quantitative estimate of drug-likeness (QED) is 0.818. The first-order chi connectivity index (χ1) is 10.1.